The van der Waals surface area contributed by atoms with Gasteiger partial charge in [0, 0.05) is 13.0 Å². The van der Waals surface area contributed by atoms with E-state index in [1.165, 1.54) is 0 Å². The molecular formula is C21H35NO3Si. The molecule has 1 aromatic rings. The Balaban J connectivity index is 2.41. The number of rotatable bonds is 11. The second kappa shape index (κ2) is 11.1. The average Bonchev–Trinajstić information content (AvgIpc) is 2.55. The van der Waals surface area contributed by atoms with Crippen molar-refractivity contribution in [3.05, 3.63) is 35.9 Å². The summed E-state index contributed by atoms with van der Waals surface area (Å²) < 4.78 is 11.5. The molecular weight excluding hydrogens is 342 g/mol. The number of ether oxygens (including phenoxy) is 1. The molecule has 1 amide bonds. The summed E-state index contributed by atoms with van der Waals surface area (Å²) in [5.41, 5.74) is 1.01. The molecule has 0 heterocycles. The molecule has 0 aromatic heterocycles. The maximum Gasteiger partial charge on any atom is 0.242 e. The fourth-order valence-corrected chi connectivity index (χ4v) is 3.27. The molecule has 5 heteroatoms. The van der Waals surface area contributed by atoms with Gasteiger partial charge in [-0.1, -0.05) is 32.1 Å². The van der Waals surface area contributed by atoms with E-state index in [0.717, 1.165) is 36.3 Å². The third-order valence-electron chi connectivity index (χ3n) is 3.68. The molecule has 0 aliphatic rings. The standard InChI is InChI=1S/C21H35NO3Si/c1-17(2)11-9-7-8-10-12-21(23)22-16-18-13-14-19(20(15-18)24-3)25-26(4,5)6/h9,11,13-15,17H,7-8,10,12,16H2,1-6H3,(H,22,23). The predicted octanol–water partition coefficient (Wildman–Crippen LogP) is 5.30. The van der Waals surface area contributed by atoms with Gasteiger partial charge in [0.25, 0.3) is 0 Å². The Labute approximate surface area is 160 Å². The monoisotopic (exact) mass is 377 g/mol. The number of nitrogens with one attached hydrogen (secondary N) is 1. The average molecular weight is 378 g/mol. The lowest BCUT2D eigenvalue weighted by Crippen LogP contribution is -2.29. The Hall–Kier alpha value is -1.75. The van der Waals surface area contributed by atoms with Crippen LogP contribution in [-0.2, 0) is 11.3 Å². The Kier molecular flexibility index (Phi) is 9.48. The molecule has 0 aliphatic heterocycles. The molecule has 0 spiro atoms. The van der Waals surface area contributed by atoms with Gasteiger partial charge in [0.15, 0.2) is 5.75 Å². The normalized spacial score (nSPS) is 11.8. The number of benzene rings is 1. The SMILES string of the molecule is COc1cc(CNC(=O)CCCCC=CC(C)C)ccc1O[Si](C)(C)C. The van der Waals surface area contributed by atoms with E-state index in [0.29, 0.717) is 18.9 Å². The number of amides is 1. The van der Waals surface area contributed by atoms with Gasteiger partial charge in [-0.3, -0.25) is 4.79 Å². The van der Waals surface area contributed by atoms with Crippen molar-refractivity contribution in [3.8, 4) is 11.5 Å². The Bertz CT molecular complexity index is 591. The van der Waals surface area contributed by atoms with Gasteiger partial charge in [-0.2, -0.15) is 0 Å². The van der Waals surface area contributed by atoms with Crippen LogP contribution in [0, 0.1) is 5.92 Å². The van der Waals surface area contributed by atoms with E-state index in [9.17, 15) is 4.79 Å². The third-order valence-corrected chi connectivity index (χ3v) is 4.51. The molecule has 0 saturated carbocycles. The van der Waals surface area contributed by atoms with Gasteiger partial charge >= 0.3 is 0 Å². The summed E-state index contributed by atoms with van der Waals surface area (Å²) in [5, 5.41) is 2.98. The first kappa shape index (κ1) is 22.3. The van der Waals surface area contributed by atoms with Crippen LogP contribution in [0.25, 0.3) is 0 Å². The molecule has 0 atom stereocenters. The van der Waals surface area contributed by atoms with Crippen molar-refractivity contribution < 1.29 is 14.0 Å². The smallest absolute Gasteiger partial charge is 0.242 e. The van der Waals surface area contributed by atoms with Crippen LogP contribution in [0.3, 0.4) is 0 Å². The van der Waals surface area contributed by atoms with Crippen molar-refractivity contribution in [2.75, 3.05) is 7.11 Å². The van der Waals surface area contributed by atoms with Gasteiger partial charge in [-0.15, -0.1) is 0 Å². The number of unbranched alkanes of at least 4 members (excludes halogenated alkanes) is 2. The number of allylic oxidation sites excluding steroid dienone is 2. The van der Waals surface area contributed by atoms with Crippen molar-refractivity contribution in [2.45, 2.75) is 65.7 Å². The van der Waals surface area contributed by atoms with Gasteiger partial charge in [0.2, 0.25) is 14.2 Å². The minimum absolute atomic E-state index is 0.0965. The molecule has 0 saturated heterocycles. The van der Waals surface area contributed by atoms with E-state index in [4.69, 9.17) is 9.16 Å². The lowest BCUT2D eigenvalue weighted by atomic mass is 10.1. The van der Waals surface area contributed by atoms with Crippen LogP contribution < -0.4 is 14.5 Å². The molecule has 0 bridgehead atoms. The third kappa shape index (κ3) is 9.66. The van der Waals surface area contributed by atoms with Crippen molar-refractivity contribution in [1.29, 1.82) is 0 Å². The molecule has 1 aromatic carbocycles. The van der Waals surface area contributed by atoms with Crippen LogP contribution in [0.15, 0.2) is 30.4 Å². The molecule has 26 heavy (non-hydrogen) atoms. The second-order valence-electron chi connectivity index (χ2n) is 7.89. The zero-order valence-electron chi connectivity index (χ0n) is 17.2. The summed E-state index contributed by atoms with van der Waals surface area (Å²) in [5.74, 6) is 2.18. The van der Waals surface area contributed by atoms with Crippen LogP contribution >= 0.6 is 0 Å². The van der Waals surface area contributed by atoms with Gasteiger partial charge in [-0.05, 0) is 62.5 Å². The molecule has 1 rings (SSSR count). The maximum absolute atomic E-state index is 12.0. The lowest BCUT2D eigenvalue weighted by molar-refractivity contribution is -0.121. The van der Waals surface area contributed by atoms with Gasteiger partial charge in [0.05, 0.1) is 7.11 Å². The summed E-state index contributed by atoms with van der Waals surface area (Å²) >= 11 is 0. The zero-order chi connectivity index (χ0) is 19.6. The van der Waals surface area contributed by atoms with E-state index in [2.05, 4.69) is 51.0 Å². The van der Waals surface area contributed by atoms with Crippen molar-refractivity contribution in [3.63, 3.8) is 0 Å². The first-order valence-electron chi connectivity index (χ1n) is 9.50. The van der Waals surface area contributed by atoms with E-state index >= 15 is 0 Å². The first-order valence-corrected chi connectivity index (χ1v) is 12.9. The highest BCUT2D eigenvalue weighted by molar-refractivity contribution is 6.70. The van der Waals surface area contributed by atoms with E-state index in [-0.39, 0.29) is 5.91 Å². The number of carbonyl (C=O) groups is 1. The van der Waals surface area contributed by atoms with Crippen molar-refractivity contribution in [2.24, 2.45) is 5.92 Å². The number of hydrogen-bond donors (Lipinski definition) is 1. The molecule has 0 fully saturated rings. The van der Waals surface area contributed by atoms with Crippen LogP contribution in [0.5, 0.6) is 11.5 Å². The Morgan fingerprint density at radius 2 is 1.92 bits per heavy atom. The Morgan fingerprint density at radius 1 is 1.19 bits per heavy atom. The summed E-state index contributed by atoms with van der Waals surface area (Å²) in [6.07, 6.45) is 8.00. The summed E-state index contributed by atoms with van der Waals surface area (Å²) in [6, 6.07) is 5.85. The van der Waals surface area contributed by atoms with Gasteiger partial charge in [0.1, 0.15) is 5.75 Å². The number of carbonyl (C=O) groups excluding carboxylic acids is 1. The summed E-state index contributed by atoms with van der Waals surface area (Å²) in [4.78, 5) is 12.0. The predicted molar refractivity (Wildman–Crippen MR) is 111 cm³/mol. The number of hydrogen-bond acceptors (Lipinski definition) is 3. The van der Waals surface area contributed by atoms with Crippen LogP contribution in [-0.4, -0.2) is 21.3 Å². The molecule has 0 aliphatic carbocycles. The molecule has 0 radical (unpaired) electrons. The van der Waals surface area contributed by atoms with Gasteiger partial charge < -0.3 is 14.5 Å². The summed E-state index contributed by atoms with van der Waals surface area (Å²) in [7, 11) is -0.0438. The second-order valence-corrected chi connectivity index (χ2v) is 12.3. The summed E-state index contributed by atoms with van der Waals surface area (Å²) in [6.45, 7) is 11.3. The highest BCUT2D eigenvalue weighted by atomic mass is 28.4. The molecule has 1 N–H and O–H groups in total. The lowest BCUT2D eigenvalue weighted by Gasteiger charge is -2.21. The molecule has 0 unspecified atom stereocenters. The van der Waals surface area contributed by atoms with Crippen LogP contribution in [0.1, 0.15) is 45.1 Å². The minimum atomic E-state index is -1.69. The van der Waals surface area contributed by atoms with Crippen LogP contribution in [0.4, 0.5) is 0 Å². The quantitative estimate of drug-likeness (QED) is 0.323. The number of methoxy groups -OCH3 is 1. The van der Waals surface area contributed by atoms with Gasteiger partial charge in [-0.25, -0.2) is 0 Å². The molecule has 4 nitrogen and oxygen atoms in total. The van der Waals surface area contributed by atoms with Crippen LogP contribution in [0.2, 0.25) is 19.6 Å². The van der Waals surface area contributed by atoms with E-state index < -0.39 is 8.32 Å². The highest BCUT2D eigenvalue weighted by Gasteiger charge is 2.18. The van der Waals surface area contributed by atoms with Crippen molar-refractivity contribution in [1.82, 2.24) is 5.32 Å². The zero-order valence-corrected chi connectivity index (χ0v) is 18.2. The van der Waals surface area contributed by atoms with Crippen molar-refractivity contribution >= 4 is 14.2 Å². The largest absolute Gasteiger partial charge is 0.542 e. The first-order chi connectivity index (χ1) is 12.2. The maximum atomic E-state index is 12.0. The topological polar surface area (TPSA) is 47.6 Å². The molecule has 146 valence electrons. The van der Waals surface area contributed by atoms with E-state index in [1.54, 1.807) is 7.11 Å². The fraction of sp³-hybridized carbons (Fsp3) is 0.571. The highest BCUT2D eigenvalue weighted by Crippen LogP contribution is 2.30. The minimum Gasteiger partial charge on any atom is -0.542 e. The van der Waals surface area contributed by atoms with E-state index in [1.807, 2.05) is 18.2 Å². The fourth-order valence-electron chi connectivity index (χ4n) is 2.44. The Morgan fingerprint density at radius 3 is 2.54 bits per heavy atom.